The van der Waals surface area contributed by atoms with Gasteiger partial charge in [-0.2, -0.15) is 0 Å². The molecule has 0 heterocycles. The van der Waals surface area contributed by atoms with E-state index in [0.717, 1.165) is 17.0 Å². The number of rotatable bonds is 7. The molecular formula is C19H22ClNO3. The first-order chi connectivity index (χ1) is 11.6. The van der Waals surface area contributed by atoms with Gasteiger partial charge in [0.25, 0.3) is 0 Å². The van der Waals surface area contributed by atoms with E-state index in [9.17, 15) is 9.90 Å². The number of hydrogen-bond donors (Lipinski definition) is 1. The van der Waals surface area contributed by atoms with E-state index in [0.29, 0.717) is 6.42 Å². The fourth-order valence-electron chi connectivity index (χ4n) is 2.61. The number of aliphatic hydroxyl groups is 1. The maximum absolute atomic E-state index is 12.8. The Labute approximate surface area is 147 Å². The lowest BCUT2D eigenvalue weighted by atomic mass is 9.91. The van der Waals surface area contributed by atoms with Crippen LogP contribution in [0.3, 0.4) is 0 Å². The van der Waals surface area contributed by atoms with E-state index in [1.807, 2.05) is 42.5 Å². The molecule has 2 rings (SSSR count). The molecule has 0 bridgehead atoms. The Kier molecular flexibility index (Phi) is 6.64. The van der Waals surface area contributed by atoms with Crippen molar-refractivity contribution < 1.29 is 14.6 Å². The number of carbonyl (C=O) groups excluding carboxylic acids is 1. The van der Waals surface area contributed by atoms with Crippen molar-refractivity contribution in [2.24, 2.45) is 0 Å². The van der Waals surface area contributed by atoms with Gasteiger partial charge in [0.2, 0.25) is 5.91 Å². The number of alkyl halides is 1. The van der Waals surface area contributed by atoms with Crippen molar-refractivity contribution in [3.05, 3.63) is 60.2 Å². The van der Waals surface area contributed by atoms with E-state index in [1.165, 1.54) is 4.90 Å². The molecule has 0 aliphatic heterocycles. The lowest BCUT2D eigenvalue weighted by Crippen LogP contribution is -2.37. The van der Waals surface area contributed by atoms with Crippen molar-refractivity contribution in [2.45, 2.75) is 17.7 Å². The third-order valence-electron chi connectivity index (χ3n) is 4.05. The first-order valence-corrected chi connectivity index (χ1v) is 8.23. The lowest BCUT2D eigenvalue weighted by Gasteiger charge is -2.26. The van der Waals surface area contributed by atoms with Crippen LogP contribution in [0.15, 0.2) is 54.6 Å². The summed E-state index contributed by atoms with van der Waals surface area (Å²) in [6.07, 6.45) is 0.431. The van der Waals surface area contributed by atoms with Gasteiger partial charge in [-0.1, -0.05) is 30.3 Å². The summed E-state index contributed by atoms with van der Waals surface area (Å²) in [4.78, 5) is 14.3. The van der Waals surface area contributed by atoms with Crippen molar-refractivity contribution in [2.75, 3.05) is 25.7 Å². The number of aliphatic hydroxyl groups excluding tert-OH is 1. The van der Waals surface area contributed by atoms with Crippen LogP contribution in [-0.2, 0) is 4.79 Å². The molecule has 128 valence electrons. The van der Waals surface area contributed by atoms with E-state index in [1.54, 1.807) is 26.3 Å². The summed E-state index contributed by atoms with van der Waals surface area (Å²) < 4.78 is 5.13. The molecule has 24 heavy (non-hydrogen) atoms. The van der Waals surface area contributed by atoms with Crippen LogP contribution in [-0.4, -0.2) is 37.2 Å². The number of hydrogen-bond acceptors (Lipinski definition) is 3. The third-order valence-corrected chi connectivity index (χ3v) is 4.54. The molecule has 1 N–H and O–H groups in total. The molecule has 2 aromatic carbocycles. The Bertz CT molecular complexity index is 645. The highest BCUT2D eigenvalue weighted by Crippen LogP contribution is 2.29. The minimum atomic E-state index is -0.758. The van der Waals surface area contributed by atoms with Crippen LogP contribution in [0.1, 0.15) is 17.9 Å². The average molecular weight is 348 g/mol. The molecule has 0 spiro atoms. The van der Waals surface area contributed by atoms with Gasteiger partial charge in [0, 0.05) is 25.3 Å². The quantitative estimate of drug-likeness (QED) is 0.781. The predicted octanol–water partition coefficient (Wildman–Crippen LogP) is 3.43. The summed E-state index contributed by atoms with van der Waals surface area (Å²) in [5, 5.41) is 8.59. The zero-order valence-corrected chi connectivity index (χ0v) is 14.6. The second-order valence-corrected chi connectivity index (χ2v) is 6.00. The molecular weight excluding hydrogens is 326 g/mol. The molecule has 0 saturated heterocycles. The van der Waals surface area contributed by atoms with E-state index in [4.69, 9.17) is 16.3 Å². The van der Waals surface area contributed by atoms with E-state index in [-0.39, 0.29) is 18.4 Å². The third kappa shape index (κ3) is 4.28. The van der Waals surface area contributed by atoms with Crippen LogP contribution in [0.4, 0.5) is 5.69 Å². The highest BCUT2D eigenvalue weighted by Gasteiger charge is 2.30. The number of amides is 1. The predicted molar refractivity (Wildman–Crippen MR) is 96.9 cm³/mol. The van der Waals surface area contributed by atoms with Crippen molar-refractivity contribution in [1.82, 2.24) is 0 Å². The van der Waals surface area contributed by atoms with Gasteiger partial charge in [0.15, 0.2) is 0 Å². The van der Waals surface area contributed by atoms with Gasteiger partial charge < -0.3 is 14.7 Å². The number of halogens is 1. The molecule has 0 aromatic heterocycles. The number of methoxy groups -OCH3 is 1. The van der Waals surface area contributed by atoms with Crippen LogP contribution >= 0.6 is 11.6 Å². The van der Waals surface area contributed by atoms with Crippen LogP contribution in [0.2, 0.25) is 0 Å². The number of nitrogens with zero attached hydrogens (tertiary/aromatic N) is 1. The van der Waals surface area contributed by atoms with Crippen molar-refractivity contribution in [1.29, 1.82) is 0 Å². The first kappa shape index (κ1) is 18.3. The van der Waals surface area contributed by atoms with Gasteiger partial charge in [0.05, 0.1) is 7.11 Å². The minimum absolute atomic E-state index is 0.0255. The fraction of sp³-hybridized carbons (Fsp3) is 0.316. The van der Waals surface area contributed by atoms with Gasteiger partial charge in [-0.05, 0) is 36.2 Å². The Morgan fingerprint density at radius 3 is 2.33 bits per heavy atom. The van der Waals surface area contributed by atoms with Crippen molar-refractivity contribution >= 4 is 23.2 Å². The van der Waals surface area contributed by atoms with Gasteiger partial charge in [0.1, 0.15) is 11.1 Å². The molecule has 0 aliphatic rings. The Hall–Kier alpha value is -2.04. The summed E-state index contributed by atoms with van der Waals surface area (Å²) in [6, 6.07) is 16.8. The summed E-state index contributed by atoms with van der Waals surface area (Å²) in [7, 11) is 3.29. The number of anilines is 1. The number of benzene rings is 2. The van der Waals surface area contributed by atoms with Crippen LogP contribution in [0.5, 0.6) is 5.75 Å². The molecule has 2 unspecified atom stereocenters. The van der Waals surface area contributed by atoms with Gasteiger partial charge >= 0.3 is 0 Å². The largest absolute Gasteiger partial charge is 0.497 e. The molecule has 1 amide bonds. The molecule has 5 heteroatoms. The summed E-state index contributed by atoms with van der Waals surface area (Å²) in [6.45, 7) is -0.0255. The van der Waals surface area contributed by atoms with Gasteiger partial charge in [-0.25, -0.2) is 0 Å². The average Bonchev–Trinajstić information content (AvgIpc) is 2.65. The molecule has 0 fully saturated rings. The normalized spacial score (nSPS) is 13.2. The smallest absolute Gasteiger partial charge is 0.245 e. The van der Waals surface area contributed by atoms with E-state index < -0.39 is 5.38 Å². The van der Waals surface area contributed by atoms with Crippen LogP contribution < -0.4 is 9.64 Å². The van der Waals surface area contributed by atoms with Crippen molar-refractivity contribution in [3.8, 4) is 5.75 Å². The molecule has 0 aliphatic carbocycles. The summed E-state index contributed by atoms with van der Waals surface area (Å²) in [5.41, 5.74) is 1.69. The Balaban J connectivity index is 2.18. The zero-order chi connectivity index (χ0) is 17.5. The van der Waals surface area contributed by atoms with Crippen LogP contribution in [0, 0.1) is 0 Å². The SMILES string of the molecule is COc1ccc(N(C)C(=O)C(Cl)C(CCO)c2ccccc2)cc1. The van der Waals surface area contributed by atoms with E-state index in [2.05, 4.69) is 0 Å². The highest BCUT2D eigenvalue weighted by molar-refractivity contribution is 6.33. The minimum Gasteiger partial charge on any atom is -0.497 e. The Morgan fingerprint density at radius 1 is 1.17 bits per heavy atom. The van der Waals surface area contributed by atoms with Gasteiger partial charge in [-0.15, -0.1) is 11.6 Å². The number of ether oxygens (including phenoxy) is 1. The molecule has 2 aromatic rings. The second kappa shape index (κ2) is 8.71. The topological polar surface area (TPSA) is 49.8 Å². The van der Waals surface area contributed by atoms with Gasteiger partial charge in [-0.3, -0.25) is 4.79 Å². The highest BCUT2D eigenvalue weighted by atomic mass is 35.5. The summed E-state index contributed by atoms with van der Waals surface area (Å²) in [5.74, 6) is 0.277. The second-order valence-electron chi connectivity index (χ2n) is 5.53. The van der Waals surface area contributed by atoms with E-state index >= 15 is 0 Å². The standard InChI is InChI=1S/C19H22ClNO3/c1-21(15-8-10-16(24-2)11-9-15)19(23)18(20)17(12-13-22)14-6-4-3-5-7-14/h3-11,17-18,22H,12-13H2,1-2H3. The monoisotopic (exact) mass is 347 g/mol. The first-order valence-electron chi connectivity index (χ1n) is 7.80. The fourth-order valence-corrected chi connectivity index (χ4v) is 3.03. The molecule has 4 nitrogen and oxygen atoms in total. The molecule has 2 atom stereocenters. The summed E-state index contributed by atoms with van der Waals surface area (Å²) >= 11 is 6.49. The maximum atomic E-state index is 12.8. The Morgan fingerprint density at radius 2 is 1.79 bits per heavy atom. The maximum Gasteiger partial charge on any atom is 0.245 e. The number of carbonyl (C=O) groups is 1. The molecule has 0 radical (unpaired) electrons. The lowest BCUT2D eigenvalue weighted by molar-refractivity contribution is -0.118. The molecule has 0 saturated carbocycles. The van der Waals surface area contributed by atoms with Crippen LogP contribution in [0.25, 0.3) is 0 Å². The van der Waals surface area contributed by atoms with Crippen molar-refractivity contribution in [3.63, 3.8) is 0 Å². The zero-order valence-electron chi connectivity index (χ0n) is 13.9.